The van der Waals surface area contributed by atoms with Crippen LogP contribution in [0.3, 0.4) is 0 Å². The number of rotatable bonds is 10. The minimum Gasteiger partial charge on any atom is -0.489 e. The lowest BCUT2D eigenvalue weighted by atomic mass is 10.2. The zero-order valence-electron chi connectivity index (χ0n) is 15.7. The standard InChI is InChI=1S/C18H29N3O3S.HI/c1-5-12-24-17-10-8-7-9-16(17)14-20-18(19-6-2)21-15(3)11-13-25(4,22)23;/h5,7-10,15H,1,6,11-14H2,2-4H3,(H2,19,20,21);1H. The lowest BCUT2D eigenvalue weighted by molar-refractivity contribution is 0.359. The molecular weight excluding hydrogens is 465 g/mol. The monoisotopic (exact) mass is 495 g/mol. The first-order valence-corrected chi connectivity index (χ1v) is 10.5. The van der Waals surface area contributed by atoms with Gasteiger partial charge in [0.1, 0.15) is 22.2 Å². The van der Waals surface area contributed by atoms with Gasteiger partial charge in [-0.1, -0.05) is 30.9 Å². The molecule has 0 fully saturated rings. The molecule has 1 unspecified atom stereocenters. The molecule has 2 N–H and O–H groups in total. The van der Waals surface area contributed by atoms with E-state index in [9.17, 15) is 8.42 Å². The zero-order chi connectivity index (χ0) is 18.7. The third-order valence-electron chi connectivity index (χ3n) is 3.39. The van der Waals surface area contributed by atoms with Crippen LogP contribution in [-0.2, 0) is 16.4 Å². The number of nitrogens with one attached hydrogen (secondary N) is 2. The van der Waals surface area contributed by atoms with Crippen LogP contribution >= 0.6 is 24.0 Å². The lowest BCUT2D eigenvalue weighted by Crippen LogP contribution is -2.42. The number of halogens is 1. The predicted octanol–water partition coefficient (Wildman–Crippen LogP) is 2.75. The van der Waals surface area contributed by atoms with Crippen LogP contribution in [-0.4, -0.2) is 45.6 Å². The summed E-state index contributed by atoms with van der Waals surface area (Å²) in [6.07, 6.45) is 3.48. The van der Waals surface area contributed by atoms with E-state index in [1.54, 1.807) is 6.08 Å². The summed E-state index contributed by atoms with van der Waals surface area (Å²) in [5.41, 5.74) is 0.977. The molecule has 6 nitrogen and oxygen atoms in total. The van der Waals surface area contributed by atoms with Gasteiger partial charge in [-0.3, -0.25) is 0 Å². The van der Waals surface area contributed by atoms with Gasteiger partial charge < -0.3 is 15.4 Å². The van der Waals surface area contributed by atoms with Crippen LogP contribution in [0.1, 0.15) is 25.8 Å². The van der Waals surface area contributed by atoms with E-state index < -0.39 is 9.84 Å². The van der Waals surface area contributed by atoms with Gasteiger partial charge in [0.15, 0.2) is 5.96 Å². The Morgan fingerprint density at radius 2 is 2.08 bits per heavy atom. The fraction of sp³-hybridized carbons (Fsp3) is 0.500. The van der Waals surface area contributed by atoms with Gasteiger partial charge in [-0.15, -0.1) is 24.0 Å². The highest BCUT2D eigenvalue weighted by molar-refractivity contribution is 14.0. The van der Waals surface area contributed by atoms with Crippen LogP contribution in [0.4, 0.5) is 0 Å². The van der Waals surface area contributed by atoms with Crippen molar-refractivity contribution >= 4 is 39.8 Å². The highest BCUT2D eigenvalue weighted by atomic mass is 127. The average Bonchev–Trinajstić information content (AvgIpc) is 2.56. The molecule has 1 aromatic carbocycles. The summed E-state index contributed by atoms with van der Waals surface area (Å²) in [5.74, 6) is 1.59. The molecule has 0 saturated carbocycles. The molecule has 1 aromatic rings. The van der Waals surface area contributed by atoms with Crippen molar-refractivity contribution in [2.24, 2.45) is 4.99 Å². The van der Waals surface area contributed by atoms with E-state index in [0.717, 1.165) is 17.9 Å². The Bertz CT molecular complexity index is 678. The van der Waals surface area contributed by atoms with Gasteiger partial charge in [0.25, 0.3) is 0 Å². The van der Waals surface area contributed by atoms with Crippen molar-refractivity contribution in [2.75, 3.05) is 25.2 Å². The van der Waals surface area contributed by atoms with Crippen LogP contribution in [0.25, 0.3) is 0 Å². The Balaban J connectivity index is 0.00000625. The summed E-state index contributed by atoms with van der Waals surface area (Å²) in [7, 11) is -2.96. The molecule has 0 aliphatic rings. The van der Waals surface area contributed by atoms with Crippen LogP contribution in [0.15, 0.2) is 41.9 Å². The van der Waals surface area contributed by atoms with Crippen molar-refractivity contribution in [3.63, 3.8) is 0 Å². The van der Waals surface area contributed by atoms with Crippen molar-refractivity contribution in [3.05, 3.63) is 42.5 Å². The number of hydrogen-bond acceptors (Lipinski definition) is 4. The van der Waals surface area contributed by atoms with E-state index in [2.05, 4.69) is 22.2 Å². The van der Waals surface area contributed by atoms with Crippen molar-refractivity contribution in [2.45, 2.75) is 32.9 Å². The normalized spacial score (nSPS) is 12.7. The fourth-order valence-electron chi connectivity index (χ4n) is 2.10. The van der Waals surface area contributed by atoms with Crippen LogP contribution in [0.2, 0.25) is 0 Å². The SMILES string of the molecule is C=CCOc1ccccc1CN=C(NCC)NC(C)CCS(C)(=O)=O.I. The van der Waals surface area contributed by atoms with Crippen LogP contribution < -0.4 is 15.4 Å². The number of benzene rings is 1. The molecule has 0 aliphatic carbocycles. The lowest BCUT2D eigenvalue weighted by Gasteiger charge is -2.17. The number of aliphatic imine (C=N–C) groups is 1. The largest absolute Gasteiger partial charge is 0.489 e. The van der Waals surface area contributed by atoms with Crippen molar-refractivity contribution < 1.29 is 13.2 Å². The predicted molar refractivity (Wildman–Crippen MR) is 119 cm³/mol. The van der Waals surface area contributed by atoms with Crippen molar-refractivity contribution in [1.82, 2.24) is 10.6 Å². The molecule has 0 bridgehead atoms. The van der Waals surface area contributed by atoms with E-state index >= 15 is 0 Å². The van der Waals surface area contributed by atoms with Gasteiger partial charge in [-0.2, -0.15) is 0 Å². The molecule has 26 heavy (non-hydrogen) atoms. The quantitative estimate of drug-likeness (QED) is 0.226. The second kappa shape index (κ2) is 13.0. The molecule has 148 valence electrons. The Kier molecular flexibility index (Phi) is 12.3. The smallest absolute Gasteiger partial charge is 0.191 e. The number of nitrogens with zero attached hydrogens (tertiary/aromatic N) is 1. The first-order chi connectivity index (χ1) is 11.9. The van der Waals surface area contributed by atoms with E-state index in [1.165, 1.54) is 6.26 Å². The van der Waals surface area contributed by atoms with Gasteiger partial charge >= 0.3 is 0 Å². The Labute approximate surface area is 174 Å². The molecule has 8 heteroatoms. The molecule has 1 atom stereocenters. The first kappa shape index (κ1) is 24.7. The van der Waals surface area contributed by atoms with Gasteiger partial charge in [-0.25, -0.2) is 13.4 Å². The highest BCUT2D eigenvalue weighted by Crippen LogP contribution is 2.18. The molecule has 0 aliphatic heterocycles. The topological polar surface area (TPSA) is 79.8 Å². The molecule has 0 saturated heterocycles. The summed E-state index contributed by atoms with van der Waals surface area (Å²) >= 11 is 0. The summed E-state index contributed by atoms with van der Waals surface area (Å²) in [4.78, 5) is 4.58. The number of guanidine groups is 1. The Hall–Kier alpha value is -1.29. The molecular formula is C18H30IN3O3S. The number of hydrogen-bond donors (Lipinski definition) is 2. The summed E-state index contributed by atoms with van der Waals surface area (Å²) in [5, 5.41) is 6.42. The number of sulfone groups is 1. The summed E-state index contributed by atoms with van der Waals surface area (Å²) < 4.78 is 28.2. The maximum atomic E-state index is 11.3. The first-order valence-electron chi connectivity index (χ1n) is 8.40. The third-order valence-corrected chi connectivity index (χ3v) is 4.36. The Morgan fingerprint density at radius 1 is 1.38 bits per heavy atom. The number of para-hydroxylation sites is 1. The van der Waals surface area contributed by atoms with E-state index in [4.69, 9.17) is 4.74 Å². The molecule has 0 amide bonds. The zero-order valence-corrected chi connectivity index (χ0v) is 18.8. The maximum Gasteiger partial charge on any atom is 0.191 e. The molecule has 0 spiro atoms. The van der Waals surface area contributed by atoms with Gasteiger partial charge in [0, 0.05) is 24.4 Å². The number of ether oxygens (including phenoxy) is 1. The van der Waals surface area contributed by atoms with Gasteiger partial charge in [0.2, 0.25) is 0 Å². The molecule has 1 rings (SSSR count). The average molecular weight is 495 g/mol. The molecule has 0 heterocycles. The van der Waals surface area contributed by atoms with E-state index in [0.29, 0.717) is 25.5 Å². The second-order valence-electron chi connectivity index (χ2n) is 5.87. The van der Waals surface area contributed by atoms with E-state index in [1.807, 2.05) is 38.1 Å². The highest BCUT2D eigenvalue weighted by Gasteiger charge is 2.10. The van der Waals surface area contributed by atoms with Crippen LogP contribution in [0.5, 0.6) is 5.75 Å². The maximum absolute atomic E-state index is 11.3. The van der Waals surface area contributed by atoms with Crippen LogP contribution in [0, 0.1) is 0 Å². The van der Waals surface area contributed by atoms with Crippen molar-refractivity contribution in [3.8, 4) is 5.75 Å². The minimum atomic E-state index is -2.96. The van der Waals surface area contributed by atoms with Gasteiger partial charge in [-0.05, 0) is 26.3 Å². The van der Waals surface area contributed by atoms with E-state index in [-0.39, 0.29) is 35.8 Å². The second-order valence-corrected chi connectivity index (χ2v) is 8.13. The summed E-state index contributed by atoms with van der Waals surface area (Å²) in [6, 6.07) is 7.74. The molecule has 0 radical (unpaired) electrons. The van der Waals surface area contributed by atoms with Crippen molar-refractivity contribution in [1.29, 1.82) is 0 Å². The molecule has 0 aromatic heterocycles. The Morgan fingerprint density at radius 3 is 2.69 bits per heavy atom. The summed E-state index contributed by atoms with van der Waals surface area (Å²) in [6.45, 7) is 9.21. The van der Waals surface area contributed by atoms with Gasteiger partial charge in [0.05, 0.1) is 12.3 Å². The fourth-order valence-corrected chi connectivity index (χ4v) is 2.89. The third kappa shape index (κ3) is 10.6. The minimum absolute atomic E-state index is 0.